The number of pyridine rings is 1. The summed E-state index contributed by atoms with van der Waals surface area (Å²) in [5, 5.41) is 3.11. The van der Waals surface area contributed by atoms with E-state index in [4.69, 9.17) is 0 Å². The standard InChI is InChI=1S/C15H19N3O2S/c1-11-8-14(10-17-9-11)18-21(19,20)15-6-4-13(5-7-15)12(2)16-3/h4-10,12,16,18H,1-3H3. The molecule has 0 spiro atoms. The SMILES string of the molecule is CNC(C)c1ccc(S(=O)(=O)Nc2cncc(C)c2)cc1. The number of aromatic nitrogens is 1. The zero-order valence-corrected chi connectivity index (χ0v) is 13.1. The molecular formula is C15H19N3O2S. The van der Waals surface area contributed by atoms with Gasteiger partial charge in [0, 0.05) is 12.2 Å². The Balaban J connectivity index is 2.23. The molecule has 1 heterocycles. The first-order chi connectivity index (χ1) is 9.92. The third kappa shape index (κ3) is 3.80. The van der Waals surface area contributed by atoms with Crippen molar-refractivity contribution in [2.45, 2.75) is 24.8 Å². The maximum Gasteiger partial charge on any atom is 0.261 e. The average Bonchev–Trinajstić information content (AvgIpc) is 2.46. The second-order valence-electron chi connectivity index (χ2n) is 4.94. The summed E-state index contributed by atoms with van der Waals surface area (Å²) >= 11 is 0. The number of benzene rings is 1. The minimum atomic E-state index is -3.59. The Labute approximate surface area is 125 Å². The molecule has 2 rings (SSSR count). The molecule has 1 aromatic heterocycles. The van der Waals surface area contributed by atoms with Crippen LogP contribution in [0.25, 0.3) is 0 Å². The summed E-state index contributed by atoms with van der Waals surface area (Å²) in [5.41, 5.74) is 2.39. The third-order valence-electron chi connectivity index (χ3n) is 3.25. The van der Waals surface area contributed by atoms with Crippen LogP contribution in [0.2, 0.25) is 0 Å². The van der Waals surface area contributed by atoms with Gasteiger partial charge < -0.3 is 5.32 Å². The summed E-state index contributed by atoms with van der Waals surface area (Å²) in [6.45, 7) is 3.87. The third-order valence-corrected chi connectivity index (χ3v) is 4.65. The zero-order valence-electron chi connectivity index (χ0n) is 12.3. The Bertz CT molecular complexity index is 712. The van der Waals surface area contributed by atoms with Crippen molar-refractivity contribution < 1.29 is 8.42 Å². The van der Waals surface area contributed by atoms with Gasteiger partial charge in [-0.05, 0) is 50.2 Å². The van der Waals surface area contributed by atoms with Crippen molar-refractivity contribution >= 4 is 15.7 Å². The minimum absolute atomic E-state index is 0.177. The van der Waals surface area contributed by atoms with E-state index in [0.717, 1.165) is 11.1 Å². The van der Waals surface area contributed by atoms with Crippen molar-refractivity contribution in [1.82, 2.24) is 10.3 Å². The number of sulfonamides is 1. The second kappa shape index (κ2) is 6.24. The molecule has 1 aromatic carbocycles. The van der Waals surface area contributed by atoms with Crippen LogP contribution >= 0.6 is 0 Å². The number of nitrogens with zero attached hydrogens (tertiary/aromatic N) is 1. The van der Waals surface area contributed by atoms with Crippen molar-refractivity contribution in [3.8, 4) is 0 Å². The lowest BCUT2D eigenvalue weighted by molar-refractivity contribution is 0.601. The molecule has 0 amide bonds. The van der Waals surface area contributed by atoms with Crippen LogP contribution in [0.1, 0.15) is 24.1 Å². The van der Waals surface area contributed by atoms with Crippen LogP contribution in [0.5, 0.6) is 0 Å². The lowest BCUT2D eigenvalue weighted by Gasteiger charge is -2.12. The van der Waals surface area contributed by atoms with E-state index in [1.807, 2.05) is 33.0 Å². The minimum Gasteiger partial charge on any atom is -0.313 e. The quantitative estimate of drug-likeness (QED) is 0.890. The first-order valence-corrected chi connectivity index (χ1v) is 8.12. The molecule has 1 atom stereocenters. The van der Waals surface area contributed by atoms with Gasteiger partial charge in [0.2, 0.25) is 0 Å². The number of aryl methyl sites for hydroxylation is 1. The Hall–Kier alpha value is -1.92. The summed E-state index contributed by atoms with van der Waals surface area (Å²) in [6, 6.07) is 8.75. The number of hydrogen-bond acceptors (Lipinski definition) is 4. The van der Waals surface area contributed by atoms with Crippen molar-refractivity contribution in [1.29, 1.82) is 0 Å². The van der Waals surface area contributed by atoms with E-state index in [1.165, 1.54) is 6.20 Å². The monoisotopic (exact) mass is 305 g/mol. The molecule has 0 aliphatic heterocycles. The molecule has 21 heavy (non-hydrogen) atoms. The highest BCUT2D eigenvalue weighted by Gasteiger charge is 2.15. The second-order valence-corrected chi connectivity index (χ2v) is 6.62. The molecule has 0 radical (unpaired) electrons. The average molecular weight is 305 g/mol. The van der Waals surface area contributed by atoms with E-state index >= 15 is 0 Å². The van der Waals surface area contributed by atoms with Gasteiger partial charge in [-0.25, -0.2) is 8.42 Å². The van der Waals surface area contributed by atoms with Gasteiger partial charge in [0.25, 0.3) is 10.0 Å². The van der Waals surface area contributed by atoms with Crippen LogP contribution in [-0.4, -0.2) is 20.4 Å². The van der Waals surface area contributed by atoms with Gasteiger partial charge in [0.1, 0.15) is 0 Å². The van der Waals surface area contributed by atoms with Crippen LogP contribution in [0.15, 0.2) is 47.6 Å². The van der Waals surface area contributed by atoms with Gasteiger partial charge in [0.05, 0.1) is 16.8 Å². The zero-order chi connectivity index (χ0) is 15.5. The van der Waals surface area contributed by atoms with Crippen LogP contribution < -0.4 is 10.0 Å². The fraction of sp³-hybridized carbons (Fsp3) is 0.267. The summed E-state index contributed by atoms with van der Waals surface area (Å²) in [5.74, 6) is 0. The van der Waals surface area contributed by atoms with Crippen LogP contribution in [-0.2, 0) is 10.0 Å². The molecule has 0 saturated carbocycles. The molecule has 0 bridgehead atoms. The summed E-state index contributed by atoms with van der Waals surface area (Å²) in [6.07, 6.45) is 3.16. The van der Waals surface area contributed by atoms with E-state index in [-0.39, 0.29) is 10.9 Å². The molecule has 5 nitrogen and oxygen atoms in total. The summed E-state index contributed by atoms with van der Waals surface area (Å²) < 4.78 is 27.2. The molecule has 112 valence electrons. The van der Waals surface area contributed by atoms with Gasteiger partial charge in [-0.2, -0.15) is 0 Å². The highest BCUT2D eigenvalue weighted by molar-refractivity contribution is 7.92. The molecule has 0 fully saturated rings. The molecule has 6 heteroatoms. The first-order valence-electron chi connectivity index (χ1n) is 6.64. The van der Waals surface area contributed by atoms with Crippen LogP contribution in [0.3, 0.4) is 0 Å². The van der Waals surface area contributed by atoms with Gasteiger partial charge in [-0.3, -0.25) is 9.71 Å². The van der Waals surface area contributed by atoms with E-state index < -0.39 is 10.0 Å². The van der Waals surface area contributed by atoms with Gasteiger partial charge in [-0.1, -0.05) is 12.1 Å². The Morgan fingerprint density at radius 2 is 1.81 bits per heavy atom. The van der Waals surface area contributed by atoms with Crippen molar-refractivity contribution in [3.63, 3.8) is 0 Å². The van der Waals surface area contributed by atoms with E-state index in [2.05, 4.69) is 15.0 Å². The lowest BCUT2D eigenvalue weighted by Crippen LogP contribution is -2.15. The Morgan fingerprint density at radius 1 is 1.14 bits per heavy atom. The van der Waals surface area contributed by atoms with Gasteiger partial charge in [-0.15, -0.1) is 0 Å². The molecule has 0 aliphatic carbocycles. The highest BCUT2D eigenvalue weighted by Crippen LogP contribution is 2.19. The highest BCUT2D eigenvalue weighted by atomic mass is 32.2. The maximum absolute atomic E-state index is 12.3. The van der Waals surface area contributed by atoms with E-state index in [0.29, 0.717) is 5.69 Å². The van der Waals surface area contributed by atoms with Crippen molar-refractivity contribution in [2.75, 3.05) is 11.8 Å². The normalized spacial score (nSPS) is 12.9. The molecule has 2 aromatic rings. The maximum atomic E-state index is 12.3. The first kappa shape index (κ1) is 15.5. The molecule has 1 unspecified atom stereocenters. The Morgan fingerprint density at radius 3 is 2.38 bits per heavy atom. The largest absolute Gasteiger partial charge is 0.313 e. The number of rotatable bonds is 5. The number of nitrogens with one attached hydrogen (secondary N) is 2. The lowest BCUT2D eigenvalue weighted by atomic mass is 10.1. The van der Waals surface area contributed by atoms with E-state index in [1.54, 1.807) is 24.4 Å². The van der Waals surface area contributed by atoms with Crippen LogP contribution in [0.4, 0.5) is 5.69 Å². The molecular weight excluding hydrogens is 286 g/mol. The van der Waals surface area contributed by atoms with Crippen molar-refractivity contribution in [2.24, 2.45) is 0 Å². The summed E-state index contributed by atoms with van der Waals surface area (Å²) in [4.78, 5) is 4.21. The van der Waals surface area contributed by atoms with Gasteiger partial charge >= 0.3 is 0 Å². The summed E-state index contributed by atoms with van der Waals surface area (Å²) in [7, 11) is -1.73. The molecule has 0 aliphatic rings. The fourth-order valence-electron chi connectivity index (χ4n) is 1.93. The molecule has 2 N–H and O–H groups in total. The molecule has 0 saturated heterocycles. The topological polar surface area (TPSA) is 71.1 Å². The predicted octanol–water partition coefficient (Wildman–Crippen LogP) is 2.47. The Kier molecular flexibility index (Phi) is 4.59. The predicted molar refractivity (Wildman–Crippen MR) is 83.7 cm³/mol. The fourth-order valence-corrected chi connectivity index (χ4v) is 2.96. The van der Waals surface area contributed by atoms with Crippen molar-refractivity contribution in [3.05, 3.63) is 53.9 Å². The van der Waals surface area contributed by atoms with E-state index in [9.17, 15) is 8.42 Å². The number of anilines is 1. The number of hydrogen-bond donors (Lipinski definition) is 2. The van der Waals surface area contributed by atoms with Gasteiger partial charge in [0.15, 0.2) is 0 Å². The smallest absolute Gasteiger partial charge is 0.261 e. The van der Waals surface area contributed by atoms with Crippen LogP contribution in [0, 0.1) is 6.92 Å².